The summed E-state index contributed by atoms with van der Waals surface area (Å²) in [4.78, 5) is 14.9. The van der Waals surface area contributed by atoms with Gasteiger partial charge in [0.1, 0.15) is 0 Å². The predicted octanol–water partition coefficient (Wildman–Crippen LogP) is 14.9. The second kappa shape index (κ2) is 15.0. The Bertz CT molecular complexity index is 3450. The maximum absolute atomic E-state index is 5.33. The number of benzene rings is 9. The molecule has 63 heavy (non-hydrogen) atoms. The first-order valence-electron chi connectivity index (χ1n) is 21.5. The summed E-state index contributed by atoms with van der Waals surface area (Å²) >= 11 is 0. The average molecular weight is 802 g/mol. The van der Waals surface area contributed by atoms with Gasteiger partial charge in [0.05, 0.1) is 16.8 Å². The average Bonchev–Trinajstić information content (AvgIpc) is 3.69. The van der Waals surface area contributed by atoms with Crippen LogP contribution in [-0.2, 0) is 5.41 Å². The molecule has 294 valence electrons. The van der Waals surface area contributed by atoms with Gasteiger partial charge in [-0.25, -0.2) is 9.97 Å². The van der Waals surface area contributed by atoms with Gasteiger partial charge >= 0.3 is 0 Å². The van der Waals surface area contributed by atoms with E-state index in [1.54, 1.807) is 6.20 Å². The molecule has 0 spiro atoms. The van der Waals surface area contributed by atoms with Crippen molar-refractivity contribution in [2.24, 2.45) is 0 Å². The van der Waals surface area contributed by atoms with Gasteiger partial charge in [0, 0.05) is 34.6 Å². The lowest BCUT2D eigenvalue weighted by Crippen LogP contribution is -2.29. The molecule has 0 amide bonds. The molecule has 1 aliphatic carbocycles. The van der Waals surface area contributed by atoms with Crippen molar-refractivity contribution in [2.45, 2.75) is 5.41 Å². The van der Waals surface area contributed by atoms with Crippen LogP contribution in [0.5, 0.6) is 0 Å². The molecule has 9 aromatic carbocycles. The molecule has 0 aliphatic heterocycles. The molecule has 0 radical (unpaired) electrons. The van der Waals surface area contributed by atoms with Crippen molar-refractivity contribution < 1.29 is 0 Å². The van der Waals surface area contributed by atoms with E-state index in [1.165, 1.54) is 60.7 Å². The fraction of sp³-hybridized carbons (Fsp3) is 0.0167. The van der Waals surface area contributed by atoms with E-state index in [0.717, 1.165) is 44.6 Å². The van der Waals surface area contributed by atoms with Gasteiger partial charge in [0.25, 0.3) is 0 Å². The zero-order valence-corrected chi connectivity index (χ0v) is 34.4. The monoisotopic (exact) mass is 801 g/mol. The third-order valence-electron chi connectivity index (χ3n) is 12.9. The van der Waals surface area contributed by atoms with Crippen molar-refractivity contribution in [3.63, 3.8) is 0 Å². The van der Waals surface area contributed by atoms with Gasteiger partial charge in [-0.2, -0.15) is 0 Å². The summed E-state index contributed by atoms with van der Waals surface area (Å²) in [5.74, 6) is 0.685. The van der Waals surface area contributed by atoms with Crippen LogP contribution >= 0.6 is 0 Å². The predicted molar refractivity (Wildman–Crippen MR) is 259 cm³/mol. The molecule has 12 rings (SSSR count). The molecule has 0 N–H and O–H groups in total. The standard InChI is InChI=1S/C60H39N3/c1-4-18-41(19-5-1)59-62-55(43-21-14-20-42(37-43)44-22-16-36-61-39-44)38-56(63-59)51-34-33-50(48-28-12-13-29-49(48)51)52-30-15-31-53-57-47-27-11-10-17-40(47)32-35-54(57)60(58(52)53,45-23-6-2-7-24-45)46-25-8-3-9-26-46/h1-39H. The number of nitrogens with zero attached hydrogens (tertiary/aromatic N) is 3. The van der Waals surface area contributed by atoms with E-state index in [0.29, 0.717) is 5.82 Å². The van der Waals surface area contributed by atoms with Gasteiger partial charge in [-0.3, -0.25) is 4.98 Å². The number of hydrogen-bond acceptors (Lipinski definition) is 3. The van der Waals surface area contributed by atoms with Gasteiger partial charge in [-0.05, 0) is 89.8 Å². The van der Waals surface area contributed by atoms with Crippen LogP contribution < -0.4 is 0 Å². The van der Waals surface area contributed by atoms with Crippen molar-refractivity contribution >= 4 is 21.5 Å². The van der Waals surface area contributed by atoms with Gasteiger partial charge in [0.15, 0.2) is 5.82 Å². The molecule has 3 nitrogen and oxygen atoms in total. The van der Waals surface area contributed by atoms with Crippen LogP contribution in [0.2, 0.25) is 0 Å². The van der Waals surface area contributed by atoms with Crippen molar-refractivity contribution in [3.05, 3.63) is 259 Å². The van der Waals surface area contributed by atoms with Crippen LogP contribution in [0.3, 0.4) is 0 Å². The van der Waals surface area contributed by atoms with E-state index in [-0.39, 0.29) is 0 Å². The van der Waals surface area contributed by atoms with E-state index in [1.807, 2.05) is 30.5 Å². The summed E-state index contributed by atoms with van der Waals surface area (Å²) in [5, 5.41) is 4.80. The largest absolute Gasteiger partial charge is 0.264 e. The fourth-order valence-electron chi connectivity index (χ4n) is 10.1. The molecule has 0 atom stereocenters. The third kappa shape index (κ3) is 5.93. The molecule has 2 heterocycles. The number of pyridine rings is 1. The number of hydrogen-bond donors (Lipinski definition) is 0. The van der Waals surface area contributed by atoms with Crippen molar-refractivity contribution in [1.29, 1.82) is 0 Å². The summed E-state index contributed by atoms with van der Waals surface area (Å²) in [6.45, 7) is 0. The Morgan fingerprint density at radius 3 is 1.68 bits per heavy atom. The van der Waals surface area contributed by atoms with Crippen molar-refractivity contribution in [1.82, 2.24) is 15.0 Å². The first kappa shape index (κ1) is 36.6. The normalized spacial score (nSPS) is 12.6. The van der Waals surface area contributed by atoms with Crippen LogP contribution in [-0.4, -0.2) is 15.0 Å². The van der Waals surface area contributed by atoms with Crippen LogP contribution in [0.1, 0.15) is 22.3 Å². The van der Waals surface area contributed by atoms with Gasteiger partial charge < -0.3 is 0 Å². The molecular weight excluding hydrogens is 763 g/mol. The van der Waals surface area contributed by atoms with Crippen molar-refractivity contribution in [2.75, 3.05) is 0 Å². The Hall–Kier alpha value is -8.27. The minimum Gasteiger partial charge on any atom is -0.264 e. The van der Waals surface area contributed by atoms with Crippen LogP contribution in [0.25, 0.3) is 88.8 Å². The second-order valence-corrected chi connectivity index (χ2v) is 16.3. The number of aromatic nitrogens is 3. The smallest absolute Gasteiger partial charge is 0.160 e. The minimum absolute atomic E-state index is 0.579. The third-order valence-corrected chi connectivity index (χ3v) is 12.9. The summed E-state index contributed by atoms with van der Waals surface area (Å²) in [6.07, 6.45) is 3.71. The highest BCUT2D eigenvalue weighted by molar-refractivity contribution is 6.10. The van der Waals surface area contributed by atoms with Gasteiger partial charge in [-0.15, -0.1) is 0 Å². The van der Waals surface area contributed by atoms with Crippen LogP contribution in [0, 0.1) is 0 Å². The summed E-state index contributed by atoms with van der Waals surface area (Å²) in [7, 11) is 0. The fourth-order valence-corrected chi connectivity index (χ4v) is 10.1. The highest BCUT2D eigenvalue weighted by atomic mass is 14.9. The Morgan fingerprint density at radius 2 is 0.937 bits per heavy atom. The minimum atomic E-state index is -0.579. The second-order valence-electron chi connectivity index (χ2n) is 16.3. The zero-order valence-electron chi connectivity index (χ0n) is 34.4. The highest BCUT2D eigenvalue weighted by Gasteiger charge is 2.48. The number of rotatable bonds is 7. The number of fused-ring (bicyclic) bond motifs is 6. The highest BCUT2D eigenvalue weighted by Crippen LogP contribution is 2.60. The Morgan fingerprint density at radius 1 is 0.349 bits per heavy atom. The molecule has 0 bridgehead atoms. The van der Waals surface area contributed by atoms with E-state index >= 15 is 0 Å². The summed E-state index contributed by atoms with van der Waals surface area (Å²) < 4.78 is 0. The van der Waals surface area contributed by atoms with Gasteiger partial charge in [-0.1, -0.05) is 206 Å². The molecule has 0 saturated carbocycles. The van der Waals surface area contributed by atoms with E-state index in [4.69, 9.17) is 9.97 Å². The van der Waals surface area contributed by atoms with Gasteiger partial charge in [0.2, 0.25) is 0 Å². The molecule has 0 unspecified atom stereocenters. The van der Waals surface area contributed by atoms with E-state index < -0.39 is 5.41 Å². The maximum Gasteiger partial charge on any atom is 0.160 e. The first-order valence-corrected chi connectivity index (χ1v) is 21.5. The molecule has 0 saturated heterocycles. The Balaban J connectivity index is 1.11. The molecule has 1 aliphatic rings. The zero-order chi connectivity index (χ0) is 41.7. The quantitative estimate of drug-likeness (QED) is 0.161. The lowest BCUT2D eigenvalue weighted by Gasteiger charge is -2.35. The van der Waals surface area contributed by atoms with Crippen molar-refractivity contribution in [3.8, 4) is 67.3 Å². The van der Waals surface area contributed by atoms with Crippen LogP contribution in [0.15, 0.2) is 237 Å². The maximum atomic E-state index is 5.33. The lowest BCUT2D eigenvalue weighted by molar-refractivity contribution is 0.771. The first-order chi connectivity index (χ1) is 31.3. The lowest BCUT2D eigenvalue weighted by atomic mass is 9.66. The Labute approximate surface area is 366 Å². The van der Waals surface area contributed by atoms with E-state index in [9.17, 15) is 0 Å². The molecular formula is C60H39N3. The molecule has 2 aromatic heterocycles. The summed E-state index contributed by atoms with van der Waals surface area (Å²) in [5.41, 5.74) is 16.4. The molecule has 3 heteroatoms. The van der Waals surface area contributed by atoms with Crippen LogP contribution in [0.4, 0.5) is 0 Å². The summed E-state index contributed by atoms with van der Waals surface area (Å²) in [6, 6.07) is 81.1. The molecule has 0 fully saturated rings. The SMILES string of the molecule is c1ccc(-c2nc(-c3cccc(-c4cccnc4)c3)cc(-c3ccc(-c4cccc5c4C(c4ccccc4)(c4ccccc4)c4ccc6ccccc6c4-5)c4ccccc34)n2)cc1. The Kier molecular flexibility index (Phi) is 8.72. The van der Waals surface area contributed by atoms with E-state index in [2.05, 4.69) is 205 Å². The topological polar surface area (TPSA) is 38.7 Å². The molecule has 11 aromatic rings.